The highest BCUT2D eigenvalue weighted by Gasteiger charge is 2.15. The second kappa shape index (κ2) is 8.57. The highest BCUT2D eigenvalue weighted by molar-refractivity contribution is 6.43. The Morgan fingerprint density at radius 3 is 2.45 bits per heavy atom. The van der Waals surface area contributed by atoms with E-state index in [0.717, 1.165) is 16.7 Å². The topological polar surface area (TPSA) is 66.0 Å². The molecule has 0 radical (unpaired) electrons. The van der Waals surface area contributed by atoms with Crippen molar-refractivity contribution < 1.29 is 9.21 Å². The van der Waals surface area contributed by atoms with Crippen LogP contribution in [0.1, 0.15) is 22.5 Å². The lowest BCUT2D eigenvalue weighted by molar-refractivity contribution is -0.112. The fourth-order valence-electron chi connectivity index (χ4n) is 3.12. The third-order valence-electron chi connectivity index (χ3n) is 4.41. The summed E-state index contributed by atoms with van der Waals surface area (Å²) in [7, 11) is 0. The van der Waals surface area contributed by atoms with Crippen LogP contribution in [0.2, 0.25) is 10.0 Å². The normalized spacial score (nSPS) is 11.2. The van der Waals surface area contributed by atoms with E-state index < -0.39 is 5.91 Å². The van der Waals surface area contributed by atoms with Gasteiger partial charge in [0.15, 0.2) is 0 Å². The predicted molar refractivity (Wildman–Crippen MR) is 117 cm³/mol. The monoisotopic (exact) mass is 424 g/mol. The summed E-state index contributed by atoms with van der Waals surface area (Å²) >= 11 is 12.3. The lowest BCUT2D eigenvalue weighted by Crippen LogP contribution is -2.15. The summed E-state index contributed by atoms with van der Waals surface area (Å²) in [6.45, 7) is 5.82. The molecule has 4 nitrogen and oxygen atoms in total. The van der Waals surface area contributed by atoms with E-state index >= 15 is 0 Å². The molecule has 0 bridgehead atoms. The van der Waals surface area contributed by atoms with Crippen LogP contribution in [0, 0.1) is 32.1 Å². The molecule has 0 aliphatic heterocycles. The summed E-state index contributed by atoms with van der Waals surface area (Å²) in [5.41, 5.74) is 4.24. The van der Waals surface area contributed by atoms with E-state index in [9.17, 15) is 10.1 Å². The molecule has 0 unspecified atom stereocenters. The molecule has 0 aliphatic rings. The predicted octanol–water partition coefficient (Wildman–Crippen LogP) is 6.72. The fraction of sp³-hybridized carbons (Fsp3) is 0.130. The van der Waals surface area contributed by atoms with E-state index in [1.807, 2.05) is 39.0 Å². The Bertz CT molecular complexity index is 1150. The van der Waals surface area contributed by atoms with Crippen molar-refractivity contribution in [1.82, 2.24) is 0 Å². The molecule has 1 N–H and O–H groups in total. The molecule has 0 spiro atoms. The maximum atomic E-state index is 12.6. The van der Waals surface area contributed by atoms with E-state index in [-0.39, 0.29) is 5.57 Å². The first-order valence-corrected chi connectivity index (χ1v) is 9.61. The molecule has 2 aromatic carbocycles. The SMILES string of the molecule is Cc1cc(C)c(NC(=O)/C(C#N)=C\c2ccc(-c3cccc(Cl)c3Cl)o2)c(C)c1. The van der Waals surface area contributed by atoms with Gasteiger partial charge in [0.1, 0.15) is 23.2 Å². The molecule has 0 atom stereocenters. The average Bonchev–Trinajstić information content (AvgIpc) is 3.13. The summed E-state index contributed by atoms with van der Waals surface area (Å²) < 4.78 is 5.75. The minimum atomic E-state index is -0.499. The number of furan rings is 1. The molecule has 3 aromatic rings. The van der Waals surface area contributed by atoms with Gasteiger partial charge in [-0.25, -0.2) is 0 Å². The summed E-state index contributed by atoms with van der Waals surface area (Å²) in [6, 6.07) is 14.5. The third-order valence-corrected chi connectivity index (χ3v) is 5.23. The van der Waals surface area contributed by atoms with Gasteiger partial charge in [0, 0.05) is 17.3 Å². The van der Waals surface area contributed by atoms with Crippen molar-refractivity contribution in [3.05, 3.63) is 80.5 Å². The van der Waals surface area contributed by atoms with E-state index in [4.69, 9.17) is 27.6 Å². The first-order chi connectivity index (χ1) is 13.8. The number of rotatable bonds is 4. The number of nitrogens with one attached hydrogen (secondary N) is 1. The van der Waals surface area contributed by atoms with E-state index in [0.29, 0.717) is 32.8 Å². The zero-order valence-corrected chi connectivity index (χ0v) is 17.7. The average molecular weight is 425 g/mol. The van der Waals surface area contributed by atoms with Crippen molar-refractivity contribution in [1.29, 1.82) is 5.26 Å². The van der Waals surface area contributed by atoms with Crippen molar-refractivity contribution in [3.63, 3.8) is 0 Å². The van der Waals surface area contributed by atoms with Crippen LogP contribution in [-0.2, 0) is 4.79 Å². The molecule has 0 saturated heterocycles. The molecule has 1 amide bonds. The lowest BCUT2D eigenvalue weighted by Gasteiger charge is -2.12. The second-order valence-corrected chi connectivity index (χ2v) is 7.49. The first-order valence-electron chi connectivity index (χ1n) is 8.85. The number of nitriles is 1. The van der Waals surface area contributed by atoms with Crippen molar-refractivity contribution in [2.45, 2.75) is 20.8 Å². The number of anilines is 1. The Kier molecular flexibility index (Phi) is 6.12. The van der Waals surface area contributed by atoms with Gasteiger partial charge in [0.05, 0.1) is 10.0 Å². The summed E-state index contributed by atoms with van der Waals surface area (Å²) in [4.78, 5) is 12.6. The minimum absolute atomic E-state index is 0.0672. The molecule has 1 aromatic heterocycles. The molecule has 0 saturated carbocycles. The van der Waals surface area contributed by atoms with Gasteiger partial charge >= 0.3 is 0 Å². The second-order valence-electron chi connectivity index (χ2n) is 6.70. The Balaban J connectivity index is 1.88. The van der Waals surface area contributed by atoms with Crippen LogP contribution >= 0.6 is 23.2 Å². The van der Waals surface area contributed by atoms with E-state index in [2.05, 4.69) is 5.32 Å². The van der Waals surface area contributed by atoms with Crippen LogP contribution in [0.5, 0.6) is 0 Å². The summed E-state index contributed by atoms with van der Waals surface area (Å²) in [5, 5.41) is 13.1. The Labute approximate surface area is 179 Å². The number of hydrogen-bond donors (Lipinski definition) is 1. The van der Waals surface area contributed by atoms with E-state index in [1.165, 1.54) is 6.08 Å². The molecular formula is C23H18Cl2N2O2. The van der Waals surface area contributed by atoms with Crippen LogP contribution < -0.4 is 5.32 Å². The highest BCUT2D eigenvalue weighted by Crippen LogP contribution is 2.34. The van der Waals surface area contributed by atoms with Gasteiger partial charge in [-0.05, 0) is 56.2 Å². The standard InChI is InChI=1S/C23H18Cl2N2O2/c1-13-9-14(2)22(15(3)10-13)27-23(28)16(12-26)11-17-7-8-20(29-17)18-5-4-6-19(24)21(18)25/h4-11H,1-3H3,(H,27,28)/b16-11-. The van der Waals surface area contributed by atoms with Gasteiger partial charge in [-0.2, -0.15) is 5.26 Å². The number of carbonyl (C=O) groups is 1. The highest BCUT2D eigenvalue weighted by atomic mass is 35.5. The molecule has 146 valence electrons. The molecule has 3 rings (SSSR count). The molecule has 0 fully saturated rings. The fourth-order valence-corrected chi connectivity index (χ4v) is 3.51. The van der Waals surface area contributed by atoms with Crippen LogP contribution in [0.4, 0.5) is 5.69 Å². The zero-order valence-electron chi connectivity index (χ0n) is 16.1. The molecule has 29 heavy (non-hydrogen) atoms. The van der Waals surface area contributed by atoms with Crippen LogP contribution in [-0.4, -0.2) is 5.91 Å². The maximum Gasteiger partial charge on any atom is 0.266 e. The van der Waals surface area contributed by atoms with Crippen LogP contribution in [0.3, 0.4) is 0 Å². The lowest BCUT2D eigenvalue weighted by atomic mass is 10.0. The van der Waals surface area contributed by atoms with Gasteiger partial charge < -0.3 is 9.73 Å². The van der Waals surface area contributed by atoms with Crippen molar-refractivity contribution in [3.8, 4) is 17.4 Å². The summed E-state index contributed by atoms with van der Waals surface area (Å²) in [6.07, 6.45) is 1.40. The smallest absolute Gasteiger partial charge is 0.266 e. The largest absolute Gasteiger partial charge is 0.457 e. The first kappa shape index (κ1) is 20.7. The zero-order chi connectivity index (χ0) is 21.1. The number of carbonyl (C=O) groups excluding carboxylic acids is 1. The maximum absolute atomic E-state index is 12.6. The molecule has 1 heterocycles. The quantitative estimate of drug-likeness (QED) is 0.373. The van der Waals surface area contributed by atoms with Gasteiger partial charge in [-0.1, -0.05) is 47.0 Å². The van der Waals surface area contributed by atoms with Gasteiger partial charge in [-0.3, -0.25) is 4.79 Å². The molecular weight excluding hydrogens is 407 g/mol. The summed E-state index contributed by atoms with van der Waals surface area (Å²) in [5.74, 6) is 0.355. The number of nitrogens with zero attached hydrogens (tertiary/aromatic N) is 1. The number of hydrogen-bond acceptors (Lipinski definition) is 3. The van der Waals surface area contributed by atoms with Crippen LogP contribution in [0.15, 0.2) is 52.5 Å². The third kappa shape index (κ3) is 4.54. The minimum Gasteiger partial charge on any atom is -0.457 e. The molecule has 6 heteroatoms. The Hall–Kier alpha value is -3.00. The van der Waals surface area contributed by atoms with Crippen LogP contribution in [0.25, 0.3) is 17.4 Å². The Morgan fingerprint density at radius 1 is 1.10 bits per heavy atom. The van der Waals surface area contributed by atoms with Crippen molar-refractivity contribution in [2.24, 2.45) is 0 Å². The van der Waals surface area contributed by atoms with E-state index in [1.54, 1.807) is 30.3 Å². The Morgan fingerprint density at radius 2 is 1.79 bits per heavy atom. The molecule has 0 aliphatic carbocycles. The number of amides is 1. The van der Waals surface area contributed by atoms with Gasteiger partial charge in [0.2, 0.25) is 0 Å². The number of benzene rings is 2. The number of aryl methyl sites for hydroxylation is 3. The van der Waals surface area contributed by atoms with Crippen molar-refractivity contribution >= 4 is 40.9 Å². The van der Waals surface area contributed by atoms with Crippen molar-refractivity contribution in [2.75, 3.05) is 5.32 Å². The number of halogens is 2. The van der Waals surface area contributed by atoms with Gasteiger partial charge in [0.25, 0.3) is 5.91 Å². The van der Waals surface area contributed by atoms with Gasteiger partial charge in [-0.15, -0.1) is 0 Å².